The van der Waals surface area contributed by atoms with E-state index < -0.39 is 5.97 Å². The van der Waals surface area contributed by atoms with Gasteiger partial charge in [0, 0.05) is 16.8 Å². The zero-order valence-corrected chi connectivity index (χ0v) is 11.5. The third-order valence-corrected chi connectivity index (χ3v) is 2.95. The van der Waals surface area contributed by atoms with Crippen LogP contribution in [-0.2, 0) is 11.3 Å². The first-order valence-electron chi connectivity index (χ1n) is 6.11. The van der Waals surface area contributed by atoms with E-state index >= 15 is 0 Å². The smallest absolute Gasteiger partial charge is 0.355 e. The lowest BCUT2D eigenvalue weighted by Gasteiger charge is -1.99. The molecule has 0 aliphatic carbocycles. The van der Waals surface area contributed by atoms with Crippen LogP contribution in [0.4, 0.5) is 0 Å². The third kappa shape index (κ3) is 3.11. The largest absolute Gasteiger partial charge is 0.451 e. The first-order valence-corrected chi connectivity index (χ1v) is 6.49. The van der Waals surface area contributed by atoms with Crippen molar-refractivity contribution in [1.29, 1.82) is 0 Å². The van der Waals surface area contributed by atoms with Gasteiger partial charge in [0.05, 0.1) is 0 Å². The van der Waals surface area contributed by atoms with Crippen molar-refractivity contribution in [2.75, 3.05) is 0 Å². The van der Waals surface area contributed by atoms with E-state index in [-0.39, 0.29) is 12.5 Å². The van der Waals surface area contributed by atoms with Gasteiger partial charge in [0.25, 0.3) is 5.89 Å². The lowest BCUT2D eigenvalue weighted by Crippen LogP contribution is -2.05. The fourth-order valence-corrected chi connectivity index (χ4v) is 1.81. The van der Waals surface area contributed by atoms with Crippen molar-refractivity contribution in [3.63, 3.8) is 0 Å². The molecule has 1 aromatic carbocycles. The number of hydrogen-bond donors (Lipinski definition) is 1. The summed E-state index contributed by atoms with van der Waals surface area (Å²) in [4.78, 5) is 14.4. The molecule has 0 atom stereocenters. The molecule has 0 amide bonds. The lowest BCUT2D eigenvalue weighted by atomic mass is 10.2. The summed E-state index contributed by atoms with van der Waals surface area (Å²) in [6.07, 6.45) is 1.64. The predicted octanol–water partition coefficient (Wildman–Crippen LogP) is 3.08. The highest BCUT2D eigenvalue weighted by atomic mass is 35.5. The van der Waals surface area contributed by atoms with Gasteiger partial charge >= 0.3 is 5.97 Å². The number of carbonyl (C=O) groups excluding carboxylic acids is 1. The predicted molar refractivity (Wildman–Crippen MR) is 74.7 cm³/mol. The molecular weight excluding hydrogens is 294 g/mol. The summed E-state index contributed by atoms with van der Waals surface area (Å²) in [6.45, 7) is -0.0849. The Morgan fingerprint density at radius 1 is 1.24 bits per heavy atom. The molecule has 6 nitrogen and oxygen atoms in total. The maximum Gasteiger partial charge on any atom is 0.355 e. The van der Waals surface area contributed by atoms with Gasteiger partial charge in [0.2, 0.25) is 5.89 Å². The summed E-state index contributed by atoms with van der Waals surface area (Å²) in [5, 5.41) is 8.35. The number of hydrogen-bond acceptors (Lipinski definition) is 5. The van der Waals surface area contributed by atoms with Gasteiger partial charge < -0.3 is 14.1 Å². The number of halogens is 1. The molecule has 0 saturated carbocycles. The highest BCUT2D eigenvalue weighted by Gasteiger charge is 2.12. The van der Waals surface area contributed by atoms with Crippen molar-refractivity contribution in [1.82, 2.24) is 15.2 Å². The molecule has 7 heteroatoms. The standard InChI is InChI=1S/C14H10ClN3O3/c15-10-5-3-9(4-6-10)13-18-17-12(21-13)8-20-14(19)11-2-1-7-16-11/h1-7,16H,8H2. The minimum atomic E-state index is -0.480. The van der Waals surface area contributed by atoms with Crippen LogP contribution in [-0.4, -0.2) is 21.2 Å². The van der Waals surface area contributed by atoms with E-state index in [1.165, 1.54) is 0 Å². The second kappa shape index (κ2) is 5.80. The van der Waals surface area contributed by atoms with E-state index in [1.807, 2.05) is 0 Å². The second-order valence-corrected chi connectivity index (χ2v) is 4.60. The number of aromatic amines is 1. The Hall–Kier alpha value is -2.60. The van der Waals surface area contributed by atoms with E-state index in [4.69, 9.17) is 20.8 Å². The Morgan fingerprint density at radius 2 is 2.05 bits per heavy atom. The SMILES string of the molecule is O=C(OCc1nnc(-c2ccc(Cl)cc2)o1)c1ccc[nH]1. The molecule has 0 radical (unpaired) electrons. The maximum absolute atomic E-state index is 11.6. The van der Waals surface area contributed by atoms with Gasteiger partial charge in [-0.2, -0.15) is 0 Å². The van der Waals surface area contributed by atoms with Crippen molar-refractivity contribution < 1.29 is 13.9 Å². The van der Waals surface area contributed by atoms with Crippen LogP contribution in [0.2, 0.25) is 5.02 Å². The van der Waals surface area contributed by atoms with Crippen molar-refractivity contribution in [2.24, 2.45) is 0 Å². The van der Waals surface area contributed by atoms with Gasteiger partial charge in [-0.15, -0.1) is 10.2 Å². The number of nitrogens with zero attached hydrogens (tertiary/aromatic N) is 2. The van der Waals surface area contributed by atoms with Gasteiger partial charge in [-0.3, -0.25) is 0 Å². The van der Waals surface area contributed by atoms with Crippen LogP contribution in [0.1, 0.15) is 16.4 Å². The molecule has 0 unspecified atom stereocenters. The number of rotatable bonds is 4. The average molecular weight is 304 g/mol. The normalized spacial score (nSPS) is 10.5. The molecule has 21 heavy (non-hydrogen) atoms. The molecular formula is C14H10ClN3O3. The van der Waals surface area contributed by atoms with Crippen LogP contribution >= 0.6 is 11.6 Å². The van der Waals surface area contributed by atoms with Crippen molar-refractivity contribution >= 4 is 17.6 Å². The number of esters is 1. The number of carbonyl (C=O) groups is 1. The minimum absolute atomic E-state index is 0.0849. The molecule has 0 bridgehead atoms. The van der Waals surface area contributed by atoms with Crippen LogP contribution in [0.25, 0.3) is 11.5 Å². The van der Waals surface area contributed by atoms with Crippen LogP contribution in [0.5, 0.6) is 0 Å². The third-order valence-electron chi connectivity index (χ3n) is 2.70. The van der Waals surface area contributed by atoms with Crippen LogP contribution in [0.3, 0.4) is 0 Å². The molecule has 0 aliphatic heterocycles. The number of benzene rings is 1. The molecule has 3 rings (SSSR count). The second-order valence-electron chi connectivity index (χ2n) is 4.17. The highest BCUT2D eigenvalue weighted by Crippen LogP contribution is 2.20. The van der Waals surface area contributed by atoms with E-state index in [1.54, 1.807) is 42.6 Å². The summed E-state index contributed by atoms with van der Waals surface area (Å²) in [7, 11) is 0. The van der Waals surface area contributed by atoms with Crippen molar-refractivity contribution in [2.45, 2.75) is 6.61 Å². The first kappa shape index (κ1) is 13.4. The van der Waals surface area contributed by atoms with E-state index in [0.29, 0.717) is 16.6 Å². The maximum atomic E-state index is 11.6. The fourth-order valence-electron chi connectivity index (χ4n) is 1.68. The molecule has 2 aromatic heterocycles. The van der Waals surface area contributed by atoms with E-state index in [2.05, 4.69) is 15.2 Å². The fraction of sp³-hybridized carbons (Fsp3) is 0.0714. The lowest BCUT2D eigenvalue weighted by molar-refractivity contribution is 0.0432. The number of H-pyrrole nitrogens is 1. The summed E-state index contributed by atoms with van der Waals surface area (Å²) in [5.74, 6) is 0.0867. The summed E-state index contributed by atoms with van der Waals surface area (Å²) in [6, 6.07) is 10.3. The van der Waals surface area contributed by atoms with Crippen LogP contribution in [0, 0.1) is 0 Å². The zero-order chi connectivity index (χ0) is 14.7. The molecule has 0 fully saturated rings. The van der Waals surface area contributed by atoms with Gasteiger partial charge in [-0.05, 0) is 36.4 Å². The van der Waals surface area contributed by atoms with Crippen LogP contribution in [0.15, 0.2) is 47.0 Å². The minimum Gasteiger partial charge on any atom is -0.451 e. The van der Waals surface area contributed by atoms with Crippen molar-refractivity contribution in [3.05, 3.63) is 59.2 Å². The highest BCUT2D eigenvalue weighted by molar-refractivity contribution is 6.30. The Bertz CT molecular complexity index is 735. The topological polar surface area (TPSA) is 81.0 Å². The summed E-state index contributed by atoms with van der Waals surface area (Å²) < 4.78 is 10.5. The Morgan fingerprint density at radius 3 is 2.76 bits per heavy atom. The van der Waals surface area contributed by atoms with Gasteiger partial charge in [0.1, 0.15) is 5.69 Å². The van der Waals surface area contributed by atoms with Gasteiger partial charge in [-0.25, -0.2) is 4.79 Å². The summed E-state index contributed by atoms with van der Waals surface area (Å²) in [5.41, 5.74) is 1.11. The molecule has 0 saturated heterocycles. The molecule has 0 aliphatic rings. The van der Waals surface area contributed by atoms with Crippen LogP contribution < -0.4 is 0 Å². The number of nitrogens with one attached hydrogen (secondary N) is 1. The van der Waals surface area contributed by atoms with Crippen molar-refractivity contribution in [3.8, 4) is 11.5 Å². The van der Waals surface area contributed by atoms with E-state index in [0.717, 1.165) is 5.56 Å². The molecule has 2 heterocycles. The molecule has 0 spiro atoms. The first-order chi connectivity index (χ1) is 10.2. The molecule has 1 N–H and O–H groups in total. The quantitative estimate of drug-likeness (QED) is 0.749. The Kier molecular flexibility index (Phi) is 3.70. The zero-order valence-electron chi connectivity index (χ0n) is 10.7. The molecule has 106 valence electrons. The molecule has 3 aromatic rings. The van der Waals surface area contributed by atoms with E-state index in [9.17, 15) is 4.79 Å². The summed E-state index contributed by atoms with van der Waals surface area (Å²) >= 11 is 5.81. The Balaban J connectivity index is 1.65. The number of aromatic nitrogens is 3. The van der Waals surface area contributed by atoms with Gasteiger partial charge in [0.15, 0.2) is 6.61 Å². The number of ether oxygens (including phenoxy) is 1. The Labute approximate surface area is 124 Å². The average Bonchev–Trinajstić information content (AvgIpc) is 3.17. The monoisotopic (exact) mass is 303 g/mol. The van der Waals surface area contributed by atoms with Gasteiger partial charge in [-0.1, -0.05) is 11.6 Å².